The zero-order valence-electron chi connectivity index (χ0n) is 11.8. The molecular formula is C17H19NO2. The summed E-state index contributed by atoms with van der Waals surface area (Å²) in [6, 6.07) is 13.5. The van der Waals surface area contributed by atoms with Crippen molar-refractivity contribution in [1.82, 2.24) is 0 Å². The topological polar surface area (TPSA) is 63.3 Å². The molecule has 3 heteroatoms. The van der Waals surface area contributed by atoms with Crippen LogP contribution in [0.5, 0.6) is 0 Å². The second kappa shape index (κ2) is 5.88. The minimum atomic E-state index is -0.880. The lowest BCUT2D eigenvalue weighted by Gasteiger charge is -2.14. The molecule has 20 heavy (non-hydrogen) atoms. The zero-order chi connectivity index (χ0) is 14.7. The number of carbonyl (C=O) groups is 1. The van der Waals surface area contributed by atoms with E-state index >= 15 is 0 Å². The van der Waals surface area contributed by atoms with Crippen LogP contribution in [-0.4, -0.2) is 11.1 Å². The maximum absolute atomic E-state index is 10.8. The Balaban J connectivity index is 2.42. The van der Waals surface area contributed by atoms with Crippen LogP contribution in [0.3, 0.4) is 0 Å². The Hall–Kier alpha value is -2.13. The Morgan fingerprint density at radius 3 is 2.35 bits per heavy atom. The lowest BCUT2D eigenvalue weighted by atomic mass is 9.93. The van der Waals surface area contributed by atoms with Gasteiger partial charge in [0.15, 0.2) is 0 Å². The summed E-state index contributed by atoms with van der Waals surface area (Å²) in [6.45, 7) is 4.15. The summed E-state index contributed by atoms with van der Waals surface area (Å²) in [5, 5.41) is 8.84. The van der Waals surface area contributed by atoms with Crippen LogP contribution in [0.1, 0.15) is 29.2 Å². The van der Waals surface area contributed by atoms with Gasteiger partial charge in [-0.05, 0) is 47.7 Å². The molecule has 0 aliphatic carbocycles. The highest BCUT2D eigenvalue weighted by atomic mass is 16.4. The van der Waals surface area contributed by atoms with Crippen molar-refractivity contribution in [3.05, 3.63) is 59.2 Å². The maximum Gasteiger partial charge on any atom is 0.305 e. The van der Waals surface area contributed by atoms with Crippen LogP contribution in [0, 0.1) is 13.8 Å². The van der Waals surface area contributed by atoms with Crippen molar-refractivity contribution in [2.45, 2.75) is 26.3 Å². The van der Waals surface area contributed by atoms with Gasteiger partial charge in [0.2, 0.25) is 0 Å². The summed E-state index contributed by atoms with van der Waals surface area (Å²) in [5.74, 6) is -0.880. The average molecular weight is 269 g/mol. The van der Waals surface area contributed by atoms with E-state index in [1.54, 1.807) is 0 Å². The molecule has 0 heterocycles. The first kappa shape index (κ1) is 14.3. The lowest BCUT2D eigenvalue weighted by molar-refractivity contribution is -0.137. The molecule has 0 aromatic heterocycles. The number of nitrogens with two attached hydrogens (primary N) is 1. The molecule has 0 amide bonds. The third kappa shape index (κ3) is 3.06. The summed E-state index contributed by atoms with van der Waals surface area (Å²) in [7, 11) is 0. The Kier molecular flexibility index (Phi) is 4.20. The van der Waals surface area contributed by atoms with Gasteiger partial charge in [-0.1, -0.05) is 36.4 Å². The Bertz CT molecular complexity index is 614. The van der Waals surface area contributed by atoms with Crippen LogP contribution in [0.25, 0.3) is 11.1 Å². The predicted octanol–water partition coefficient (Wildman–Crippen LogP) is 3.44. The monoisotopic (exact) mass is 269 g/mol. The normalized spacial score (nSPS) is 12.2. The van der Waals surface area contributed by atoms with E-state index in [1.165, 1.54) is 16.7 Å². The third-order valence-corrected chi connectivity index (χ3v) is 3.48. The molecule has 3 nitrogen and oxygen atoms in total. The molecule has 1 atom stereocenters. The highest BCUT2D eigenvalue weighted by molar-refractivity contribution is 5.72. The van der Waals surface area contributed by atoms with Gasteiger partial charge in [0.05, 0.1) is 6.42 Å². The number of carboxylic acids is 1. The summed E-state index contributed by atoms with van der Waals surface area (Å²) in [6.07, 6.45) is -0.0593. The van der Waals surface area contributed by atoms with Gasteiger partial charge in [0.1, 0.15) is 0 Å². The molecule has 2 aromatic rings. The molecule has 3 N–H and O–H groups in total. The van der Waals surface area contributed by atoms with Crippen molar-refractivity contribution in [1.29, 1.82) is 0 Å². The van der Waals surface area contributed by atoms with Gasteiger partial charge < -0.3 is 10.8 Å². The van der Waals surface area contributed by atoms with Gasteiger partial charge in [0, 0.05) is 6.04 Å². The predicted molar refractivity (Wildman–Crippen MR) is 80.5 cm³/mol. The van der Waals surface area contributed by atoms with E-state index in [2.05, 4.69) is 26.0 Å². The van der Waals surface area contributed by atoms with Crippen molar-refractivity contribution >= 4 is 5.97 Å². The van der Waals surface area contributed by atoms with Crippen molar-refractivity contribution in [2.75, 3.05) is 0 Å². The first-order valence-corrected chi connectivity index (χ1v) is 6.63. The summed E-state index contributed by atoms with van der Waals surface area (Å²) >= 11 is 0. The summed E-state index contributed by atoms with van der Waals surface area (Å²) in [4.78, 5) is 10.8. The Morgan fingerprint density at radius 2 is 1.75 bits per heavy atom. The van der Waals surface area contributed by atoms with Crippen LogP contribution in [0.15, 0.2) is 42.5 Å². The maximum atomic E-state index is 10.8. The standard InChI is InChI=1S/C17H19NO2/c1-11-5-3-6-12(2)17(11)14-8-4-7-13(9-14)15(18)10-16(19)20/h3-9,15H,10,18H2,1-2H3,(H,19,20). The third-order valence-electron chi connectivity index (χ3n) is 3.48. The average Bonchev–Trinajstić information content (AvgIpc) is 2.38. The van der Waals surface area contributed by atoms with E-state index in [0.717, 1.165) is 11.1 Å². The van der Waals surface area contributed by atoms with E-state index < -0.39 is 12.0 Å². The minimum absolute atomic E-state index is 0.0593. The van der Waals surface area contributed by atoms with Crippen LogP contribution in [-0.2, 0) is 4.79 Å². The Labute approximate surface area is 119 Å². The van der Waals surface area contributed by atoms with Crippen LogP contribution in [0.4, 0.5) is 0 Å². The van der Waals surface area contributed by atoms with Crippen LogP contribution in [0.2, 0.25) is 0 Å². The molecule has 0 bridgehead atoms. The lowest BCUT2D eigenvalue weighted by Crippen LogP contribution is -2.14. The second-order valence-electron chi connectivity index (χ2n) is 5.10. The first-order chi connectivity index (χ1) is 9.49. The molecule has 0 aliphatic rings. The molecule has 0 radical (unpaired) electrons. The van der Waals surface area contributed by atoms with Crippen molar-refractivity contribution in [3.63, 3.8) is 0 Å². The molecule has 0 spiro atoms. The van der Waals surface area contributed by atoms with E-state index in [-0.39, 0.29) is 6.42 Å². The van der Waals surface area contributed by atoms with Crippen LogP contribution < -0.4 is 5.73 Å². The number of benzene rings is 2. The van der Waals surface area contributed by atoms with Crippen molar-refractivity contribution < 1.29 is 9.90 Å². The molecule has 1 unspecified atom stereocenters. The molecule has 104 valence electrons. The van der Waals surface area contributed by atoms with Gasteiger partial charge in [-0.25, -0.2) is 0 Å². The molecule has 2 aromatic carbocycles. The van der Waals surface area contributed by atoms with E-state index in [4.69, 9.17) is 10.8 Å². The number of carboxylic acid groups (broad SMARTS) is 1. The molecule has 0 saturated carbocycles. The second-order valence-corrected chi connectivity index (χ2v) is 5.10. The van der Waals surface area contributed by atoms with Gasteiger partial charge >= 0.3 is 5.97 Å². The number of aliphatic carboxylic acids is 1. The van der Waals surface area contributed by atoms with E-state index in [9.17, 15) is 4.79 Å². The molecule has 2 rings (SSSR count). The summed E-state index contributed by atoms with van der Waals surface area (Å²) < 4.78 is 0. The first-order valence-electron chi connectivity index (χ1n) is 6.63. The number of rotatable bonds is 4. The largest absolute Gasteiger partial charge is 0.481 e. The molecule has 0 saturated heterocycles. The minimum Gasteiger partial charge on any atom is -0.481 e. The van der Waals surface area contributed by atoms with Gasteiger partial charge in [-0.2, -0.15) is 0 Å². The number of aryl methyl sites for hydroxylation is 2. The fourth-order valence-electron chi connectivity index (χ4n) is 2.50. The number of hydrogen-bond acceptors (Lipinski definition) is 2. The highest BCUT2D eigenvalue weighted by Gasteiger charge is 2.12. The highest BCUT2D eigenvalue weighted by Crippen LogP contribution is 2.29. The molecule has 0 fully saturated rings. The zero-order valence-corrected chi connectivity index (χ0v) is 11.8. The van der Waals surface area contributed by atoms with Crippen LogP contribution >= 0.6 is 0 Å². The fraction of sp³-hybridized carbons (Fsp3) is 0.235. The quantitative estimate of drug-likeness (QED) is 0.893. The van der Waals surface area contributed by atoms with Gasteiger partial charge in [0.25, 0.3) is 0 Å². The SMILES string of the molecule is Cc1cccc(C)c1-c1cccc(C(N)CC(=O)O)c1. The Morgan fingerprint density at radius 1 is 1.15 bits per heavy atom. The van der Waals surface area contributed by atoms with E-state index in [1.807, 2.05) is 30.3 Å². The van der Waals surface area contributed by atoms with E-state index in [0.29, 0.717) is 0 Å². The van der Waals surface area contributed by atoms with Crippen molar-refractivity contribution in [3.8, 4) is 11.1 Å². The van der Waals surface area contributed by atoms with Gasteiger partial charge in [-0.3, -0.25) is 4.79 Å². The molecule has 0 aliphatic heterocycles. The van der Waals surface area contributed by atoms with Gasteiger partial charge in [-0.15, -0.1) is 0 Å². The van der Waals surface area contributed by atoms with Crippen molar-refractivity contribution in [2.24, 2.45) is 5.73 Å². The fourth-order valence-corrected chi connectivity index (χ4v) is 2.50. The molecular weight excluding hydrogens is 250 g/mol. The number of hydrogen-bond donors (Lipinski definition) is 2. The summed E-state index contributed by atoms with van der Waals surface area (Å²) in [5.41, 5.74) is 11.5. The smallest absolute Gasteiger partial charge is 0.305 e.